The van der Waals surface area contributed by atoms with Crippen LogP contribution in [0.3, 0.4) is 0 Å². The SMILES string of the molecule is COC(=O)C1=COC(C)C2CN3CC[C@@]4(C(=O)Nc5cc(OC)c(OC)cc54)C3CC12. The molecule has 1 spiro atoms. The fraction of sp³-hybridized carbons (Fsp3) is 0.565. The molecule has 1 aromatic carbocycles. The first-order chi connectivity index (χ1) is 14.9. The smallest absolute Gasteiger partial charge is 0.337 e. The van der Waals surface area contributed by atoms with Crippen LogP contribution in [0.1, 0.15) is 25.3 Å². The van der Waals surface area contributed by atoms with Gasteiger partial charge in [-0.1, -0.05) is 0 Å². The lowest BCUT2D eigenvalue weighted by molar-refractivity contribution is -0.139. The molecule has 0 aliphatic carbocycles. The van der Waals surface area contributed by atoms with Gasteiger partial charge >= 0.3 is 5.97 Å². The molecule has 166 valence electrons. The van der Waals surface area contributed by atoms with Crippen molar-refractivity contribution in [3.05, 3.63) is 29.5 Å². The Bertz CT molecular complexity index is 975. The van der Waals surface area contributed by atoms with Crippen molar-refractivity contribution in [3.63, 3.8) is 0 Å². The van der Waals surface area contributed by atoms with E-state index in [2.05, 4.69) is 10.2 Å². The van der Waals surface area contributed by atoms with E-state index in [4.69, 9.17) is 18.9 Å². The number of hydrogen-bond acceptors (Lipinski definition) is 7. The van der Waals surface area contributed by atoms with Gasteiger partial charge in [0.2, 0.25) is 5.91 Å². The van der Waals surface area contributed by atoms with Gasteiger partial charge in [-0.3, -0.25) is 9.69 Å². The summed E-state index contributed by atoms with van der Waals surface area (Å²) >= 11 is 0. The minimum Gasteiger partial charge on any atom is -0.497 e. The van der Waals surface area contributed by atoms with Gasteiger partial charge in [0.1, 0.15) is 0 Å². The van der Waals surface area contributed by atoms with Crippen LogP contribution in [0.2, 0.25) is 0 Å². The van der Waals surface area contributed by atoms with Crippen molar-refractivity contribution in [3.8, 4) is 11.5 Å². The summed E-state index contributed by atoms with van der Waals surface area (Å²) in [5, 5.41) is 3.08. The van der Waals surface area contributed by atoms with Crippen LogP contribution in [0.5, 0.6) is 11.5 Å². The maximum Gasteiger partial charge on any atom is 0.337 e. The van der Waals surface area contributed by atoms with Crippen LogP contribution < -0.4 is 14.8 Å². The molecule has 4 aliphatic rings. The molecule has 8 nitrogen and oxygen atoms in total. The highest BCUT2D eigenvalue weighted by atomic mass is 16.5. The normalized spacial score (nSPS) is 33.5. The number of nitrogens with one attached hydrogen (secondary N) is 1. The van der Waals surface area contributed by atoms with Crippen LogP contribution in [-0.4, -0.2) is 63.3 Å². The van der Waals surface area contributed by atoms with E-state index in [1.165, 1.54) is 7.11 Å². The zero-order valence-corrected chi connectivity index (χ0v) is 18.3. The topological polar surface area (TPSA) is 86.3 Å². The van der Waals surface area contributed by atoms with Crippen molar-refractivity contribution in [2.45, 2.75) is 37.3 Å². The number of anilines is 1. The van der Waals surface area contributed by atoms with Gasteiger partial charge in [0.05, 0.1) is 44.7 Å². The first kappa shape index (κ1) is 20.2. The number of ether oxygens (including phenoxy) is 4. The Hall–Kier alpha value is -2.74. The van der Waals surface area contributed by atoms with Crippen molar-refractivity contribution >= 4 is 17.6 Å². The van der Waals surface area contributed by atoms with Crippen molar-refractivity contribution in [2.24, 2.45) is 11.8 Å². The van der Waals surface area contributed by atoms with Crippen LogP contribution in [-0.2, 0) is 24.5 Å². The number of carbonyl (C=O) groups excluding carboxylic acids is 2. The molecular weight excluding hydrogens is 400 g/mol. The zero-order chi connectivity index (χ0) is 21.9. The maximum atomic E-state index is 13.5. The summed E-state index contributed by atoms with van der Waals surface area (Å²) in [7, 11) is 4.58. The van der Waals surface area contributed by atoms with E-state index in [0.29, 0.717) is 23.5 Å². The molecule has 5 rings (SSSR count). The van der Waals surface area contributed by atoms with Gasteiger partial charge in [0.15, 0.2) is 11.5 Å². The maximum absolute atomic E-state index is 13.5. The van der Waals surface area contributed by atoms with Crippen LogP contribution >= 0.6 is 0 Å². The molecule has 1 amide bonds. The molecule has 0 aromatic heterocycles. The van der Waals surface area contributed by atoms with Crippen molar-refractivity contribution in [1.29, 1.82) is 0 Å². The molecule has 2 fully saturated rings. The second-order valence-electron chi connectivity index (χ2n) is 8.85. The number of rotatable bonds is 3. The lowest BCUT2D eigenvalue weighted by Gasteiger charge is -2.48. The van der Waals surface area contributed by atoms with Gasteiger partial charge < -0.3 is 24.3 Å². The van der Waals surface area contributed by atoms with E-state index in [-0.39, 0.29) is 35.9 Å². The number of hydrogen-bond donors (Lipinski definition) is 1. The number of amides is 1. The molecule has 1 N–H and O–H groups in total. The molecule has 8 heteroatoms. The van der Waals surface area contributed by atoms with Crippen LogP contribution in [0.25, 0.3) is 0 Å². The molecule has 31 heavy (non-hydrogen) atoms. The largest absolute Gasteiger partial charge is 0.497 e. The molecule has 0 radical (unpaired) electrons. The monoisotopic (exact) mass is 428 g/mol. The molecule has 0 saturated carbocycles. The number of piperidine rings is 1. The number of nitrogens with zero attached hydrogens (tertiary/aromatic N) is 1. The Morgan fingerprint density at radius 1 is 1.23 bits per heavy atom. The zero-order valence-electron chi connectivity index (χ0n) is 18.3. The Labute approximate surface area is 181 Å². The lowest BCUT2D eigenvalue weighted by Crippen LogP contribution is -2.56. The highest BCUT2D eigenvalue weighted by Crippen LogP contribution is 2.55. The summed E-state index contributed by atoms with van der Waals surface area (Å²) in [6.45, 7) is 3.64. The molecule has 2 saturated heterocycles. The van der Waals surface area contributed by atoms with Gasteiger partial charge in [-0.2, -0.15) is 0 Å². The number of fused-ring (bicyclic) bond motifs is 5. The summed E-state index contributed by atoms with van der Waals surface area (Å²) in [4.78, 5) is 28.3. The summed E-state index contributed by atoms with van der Waals surface area (Å²) < 4.78 is 21.8. The van der Waals surface area contributed by atoms with E-state index >= 15 is 0 Å². The summed E-state index contributed by atoms with van der Waals surface area (Å²) in [5.41, 5.74) is 1.61. The first-order valence-corrected chi connectivity index (χ1v) is 10.7. The predicted octanol–water partition coefficient (Wildman–Crippen LogP) is 2.08. The predicted molar refractivity (Wildman–Crippen MR) is 112 cm³/mol. The molecule has 4 unspecified atom stereocenters. The molecule has 4 heterocycles. The van der Waals surface area contributed by atoms with Gasteiger partial charge in [-0.25, -0.2) is 4.79 Å². The first-order valence-electron chi connectivity index (χ1n) is 10.7. The summed E-state index contributed by atoms with van der Waals surface area (Å²) in [5.74, 6) is 1.02. The van der Waals surface area contributed by atoms with E-state index in [9.17, 15) is 9.59 Å². The Morgan fingerprint density at radius 2 is 1.97 bits per heavy atom. The third-order valence-corrected chi connectivity index (χ3v) is 7.73. The van der Waals surface area contributed by atoms with Gasteiger partial charge in [-0.05, 0) is 37.9 Å². The Morgan fingerprint density at radius 3 is 2.68 bits per heavy atom. The van der Waals surface area contributed by atoms with Gasteiger partial charge in [0.25, 0.3) is 0 Å². The van der Waals surface area contributed by atoms with Crippen LogP contribution in [0, 0.1) is 11.8 Å². The molecule has 1 aromatic rings. The Balaban J connectivity index is 1.57. The highest BCUT2D eigenvalue weighted by molar-refractivity contribution is 6.07. The third kappa shape index (κ3) is 2.70. The number of benzene rings is 1. The Kier molecular flexibility index (Phi) is 4.66. The van der Waals surface area contributed by atoms with Crippen LogP contribution in [0.15, 0.2) is 24.0 Å². The highest BCUT2D eigenvalue weighted by Gasteiger charge is 2.61. The lowest BCUT2D eigenvalue weighted by atomic mass is 9.66. The number of carbonyl (C=O) groups is 2. The van der Waals surface area contributed by atoms with E-state index < -0.39 is 5.41 Å². The van der Waals surface area contributed by atoms with Gasteiger partial charge in [0, 0.05) is 36.2 Å². The fourth-order valence-electron chi connectivity index (χ4n) is 6.14. The average Bonchev–Trinajstić information content (AvgIpc) is 3.29. The summed E-state index contributed by atoms with van der Waals surface area (Å²) in [6, 6.07) is 3.75. The fourth-order valence-corrected chi connectivity index (χ4v) is 6.14. The number of methoxy groups -OCH3 is 3. The molecule has 5 atom stereocenters. The second-order valence-corrected chi connectivity index (χ2v) is 8.85. The quantitative estimate of drug-likeness (QED) is 0.738. The summed E-state index contributed by atoms with van der Waals surface area (Å²) in [6.07, 6.45) is 2.98. The van der Waals surface area contributed by atoms with Crippen molar-refractivity contribution in [1.82, 2.24) is 4.90 Å². The third-order valence-electron chi connectivity index (χ3n) is 7.73. The minimum atomic E-state index is -0.678. The minimum absolute atomic E-state index is 0.00459. The second kappa shape index (κ2) is 7.15. The number of esters is 1. The molecule has 0 bridgehead atoms. The van der Waals surface area contributed by atoms with E-state index in [1.54, 1.807) is 20.5 Å². The standard InChI is InChI=1S/C23H28N2O6/c1-12-14-10-25-6-5-23(20(25)7-13(14)15(11-31-12)21(26)30-4)16-8-18(28-2)19(29-3)9-17(16)24-22(23)27/h8-9,11-14,20H,5-7,10H2,1-4H3,(H,24,27)/t12?,13?,14?,20?,23-/m0/s1. The van der Waals surface area contributed by atoms with Crippen molar-refractivity contribution < 1.29 is 28.5 Å². The van der Waals surface area contributed by atoms with Gasteiger partial charge in [-0.15, -0.1) is 0 Å². The van der Waals surface area contributed by atoms with Crippen LogP contribution in [0.4, 0.5) is 5.69 Å². The average molecular weight is 428 g/mol. The van der Waals surface area contributed by atoms with E-state index in [0.717, 1.165) is 30.8 Å². The molecular formula is C23H28N2O6. The van der Waals surface area contributed by atoms with E-state index in [1.807, 2.05) is 19.1 Å². The van der Waals surface area contributed by atoms with Crippen molar-refractivity contribution in [2.75, 3.05) is 39.7 Å². The molecule has 4 aliphatic heterocycles.